The number of hydrogen-bond donors (Lipinski definition) is 1. The smallest absolute Gasteiger partial charge is 0.332 e. The Morgan fingerprint density at radius 3 is 2.63 bits per heavy atom. The number of aryl methyl sites for hydroxylation is 3. The summed E-state index contributed by atoms with van der Waals surface area (Å²) < 4.78 is 21.7. The molecule has 0 radical (unpaired) electrons. The summed E-state index contributed by atoms with van der Waals surface area (Å²) in [6.07, 6.45) is 3.29. The molecular weight excluding hydrogens is 475 g/mol. The molecule has 0 saturated heterocycles. The van der Waals surface area contributed by atoms with Gasteiger partial charge in [0.25, 0.3) is 5.56 Å². The van der Waals surface area contributed by atoms with Gasteiger partial charge < -0.3 is 10.1 Å². The zero-order chi connectivity index (χ0) is 25.3. The highest BCUT2D eigenvalue weighted by Gasteiger charge is 2.26. The highest BCUT2D eigenvalue weighted by Crippen LogP contribution is 2.31. The van der Waals surface area contributed by atoms with Crippen molar-refractivity contribution in [2.24, 2.45) is 0 Å². The maximum absolute atomic E-state index is 13.9. The highest BCUT2D eigenvalue weighted by molar-refractivity contribution is 7.21. The first kappa shape index (κ1) is 24.3. The number of methoxy groups -OCH3 is 1. The van der Waals surface area contributed by atoms with E-state index in [0.29, 0.717) is 38.6 Å². The molecule has 35 heavy (non-hydrogen) atoms. The van der Waals surface area contributed by atoms with E-state index >= 15 is 0 Å². The minimum Gasteiger partial charge on any atom is -0.496 e. The number of amides is 1. The second-order valence-electron chi connectivity index (χ2n) is 7.92. The van der Waals surface area contributed by atoms with Gasteiger partial charge in [-0.1, -0.05) is 11.3 Å². The van der Waals surface area contributed by atoms with E-state index in [9.17, 15) is 18.8 Å². The van der Waals surface area contributed by atoms with Gasteiger partial charge in [0, 0.05) is 18.7 Å². The topological polar surface area (TPSA) is 113 Å². The summed E-state index contributed by atoms with van der Waals surface area (Å²) in [4.78, 5) is 41.5. The van der Waals surface area contributed by atoms with Gasteiger partial charge in [-0.25, -0.2) is 13.8 Å². The van der Waals surface area contributed by atoms with Gasteiger partial charge in [-0.15, -0.1) is 4.80 Å². The summed E-state index contributed by atoms with van der Waals surface area (Å²) in [5, 5.41) is 11.9. The first-order valence-corrected chi connectivity index (χ1v) is 11.8. The van der Waals surface area contributed by atoms with E-state index in [2.05, 4.69) is 15.5 Å². The highest BCUT2D eigenvalue weighted by atomic mass is 32.1. The van der Waals surface area contributed by atoms with E-state index in [1.807, 2.05) is 0 Å². The Bertz CT molecular complexity index is 1510. The number of halogens is 1. The van der Waals surface area contributed by atoms with Crippen molar-refractivity contribution >= 4 is 27.5 Å². The van der Waals surface area contributed by atoms with Crippen LogP contribution in [0.1, 0.15) is 31.0 Å². The molecule has 0 aliphatic rings. The van der Waals surface area contributed by atoms with Gasteiger partial charge in [-0.3, -0.25) is 14.2 Å². The number of likely N-dealkylation sites (N-methyl/N-ethyl adjacent to an activating group) is 1. The summed E-state index contributed by atoms with van der Waals surface area (Å²) >= 11 is 1.21. The zero-order valence-corrected chi connectivity index (χ0v) is 20.6. The van der Waals surface area contributed by atoms with Crippen LogP contribution >= 0.6 is 11.3 Å². The molecule has 10 nitrogen and oxygen atoms in total. The molecule has 0 aliphatic carbocycles. The van der Waals surface area contributed by atoms with Crippen molar-refractivity contribution < 1.29 is 13.9 Å². The molecule has 1 atom stereocenters. The number of aromatic nitrogens is 5. The average molecular weight is 501 g/mol. The predicted molar refractivity (Wildman–Crippen MR) is 130 cm³/mol. The molecular formula is C23H25FN6O4S. The summed E-state index contributed by atoms with van der Waals surface area (Å²) in [6, 6.07) is 3.15. The number of nitrogens with zero attached hydrogens (tertiary/aromatic N) is 5. The third-order valence-corrected chi connectivity index (χ3v) is 7.06. The Morgan fingerprint density at radius 2 is 1.97 bits per heavy atom. The normalized spacial score (nSPS) is 12.1. The van der Waals surface area contributed by atoms with Crippen LogP contribution in [-0.2, 0) is 17.8 Å². The lowest BCUT2D eigenvalue weighted by Crippen LogP contribution is -2.46. The first-order chi connectivity index (χ1) is 16.8. The van der Waals surface area contributed by atoms with Crippen LogP contribution in [0.2, 0.25) is 0 Å². The number of fused-ring (bicyclic) bond motifs is 1. The summed E-state index contributed by atoms with van der Waals surface area (Å²) in [7, 11) is 1.49. The largest absolute Gasteiger partial charge is 0.496 e. The van der Waals surface area contributed by atoms with Crippen LogP contribution in [0, 0.1) is 12.7 Å². The van der Waals surface area contributed by atoms with Gasteiger partial charge in [0.15, 0.2) is 0 Å². The molecule has 3 heterocycles. The van der Waals surface area contributed by atoms with Gasteiger partial charge >= 0.3 is 5.69 Å². The molecule has 0 fully saturated rings. The monoisotopic (exact) mass is 500 g/mol. The van der Waals surface area contributed by atoms with E-state index in [4.69, 9.17) is 4.74 Å². The standard InChI is InChI=1S/C23H25FN6O4S/c1-5-25-19(31)14(3)29-20(32)18-13(2)21(30-26-9-10-27-30)35-22(18)28(23(29)33)11-8-15-12-16(24)6-7-17(15)34-4/h6-7,9-10,12,14H,5,8,11H2,1-4H3,(H,25,31). The zero-order valence-electron chi connectivity index (χ0n) is 19.7. The van der Waals surface area contributed by atoms with E-state index in [1.54, 1.807) is 13.8 Å². The number of ether oxygens (including phenoxy) is 1. The summed E-state index contributed by atoms with van der Waals surface area (Å²) in [5.41, 5.74) is -0.0159. The lowest BCUT2D eigenvalue weighted by Gasteiger charge is -2.17. The number of carbonyl (C=O) groups is 1. The van der Waals surface area contributed by atoms with Crippen LogP contribution in [0.25, 0.3) is 15.2 Å². The number of carbonyl (C=O) groups excluding carboxylic acids is 1. The minimum atomic E-state index is -1.03. The van der Waals surface area contributed by atoms with E-state index in [0.717, 1.165) is 4.57 Å². The van der Waals surface area contributed by atoms with Crippen molar-refractivity contribution in [2.45, 2.75) is 39.8 Å². The summed E-state index contributed by atoms with van der Waals surface area (Å²) in [5.74, 6) is -0.373. The second-order valence-corrected chi connectivity index (χ2v) is 8.89. The van der Waals surface area contributed by atoms with Crippen LogP contribution in [0.3, 0.4) is 0 Å². The molecule has 0 aliphatic heterocycles. The third kappa shape index (κ3) is 4.36. The first-order valence-electron chi connectivity index (χ1n) is 11.0. The van der Waals surface area contributed by atoms with Gasteiger partial charge in [-0.05, 0) is 51.0 Å². The molecule has 1 N–H and O–H groups in total. The Balaban J connectivity index is 1.93. The molecule has 0 bridgehead atoms. The molecule has 3 aromatic heterocycles. The Morgan fingerprint density at radius 1 is 1.26 bits per heavy atom. The number of rotatable bonds is 8. The van der Waals surface area contributed by atoms with E-state index in [1.165, 1.54) is 65.3 Å². The lowest BCUT2D eigenvalue weighted by molar-refractivity contribution is -0.123. The second kappa shape index (κ2) is 9.82. The van der Waals surface area contributed by atoms with Crippen LogP contribution in [0.5, 0.6) is 5.75 Å². The Labute approximate surface area is 203 Å². The summed E-state index contributed by atoms with van der Waals surface area (Å²) in [6.45, 7) is 5.51. The molecule has 0 spiro atoms. The number of thiophene rings is 1. The number of benzene rings is 1. The van der Waals surface area contributed by atoms with Crippen LogP contribution < -0.4 is 21.3 Å². The van der Waals surface area contributed by atoms with Crippen molar-refractivity contribution in [3.63, 3.8) is 0 Å². The quantitative estimate of drug-likeness (QED) is 0.397. The third-order valence-electron chi connectivity index (χ3n) is 5.78. The van der Waals surface area contributed by atoms with Gasteiger partial charge in [0.2, 0.25) is 5.91 Å². The van der Waals surface area contributed by atoms with Crippen LogP contribution in [0.4, 0.5) is 4.39 Å². The molecule has 1 unspecified atom stereocenters. The maximum atomic E-state index is 13.9. The van der Waals surface area contributed by atoms with E-state index < -0.39 is 29.0 Å². The molecule has 0 saturated carbocycles. The molecule has 12 heteroatoms. The van der Waals surface area contributed by atoms with Crippen LogP contribution in [-0.4, -0.2) is 43.7 Å². The van der Waals surface area contributed by atoms with Gasteiger partial charge in [0.05, 0.1) is 24.9 Å². The fourth-order valence-electron chi connectivity index (χ4n) is 4.02. The average Bonchev–Trinajstić information content (AvgIpc) is 3.47. The number of nitrogens with one attached hydrogen (secondary N) is 1. The molecule has 4 aromatic rings. The SMILES string of the molecule is CCNC(=O)C(C)n1c(=O)c2c(C)c(-n3nccn3)sc2n(CCc2cc(F)ccc2OC)c1=O. The fraction of sp³-hybridized carbons (Fsp3) is 0.348. The van der Waals surface area contributed by atoms with E-state index in [-0.39, 0.29) is 13.0 Å². The Kier molecular flexibility index (Phi) is 6.83. The maximum Gasteiger partial charge on any atom is 0.332 e. The minimum absolute atomic E-state index is 0.128. The van der Waals surface area contributed by atoms with Crippen molar-refractivity contribution in [3.8, 4) is 10.8 Å². The van der Waals surface area contributed by atoms with Crippen molar-refractivity contribution in [2.75, 3.05) is 13.7 Å². The van der Waals surface area contributed by atoms with Gasteiger partial charge in [-0.2, -0.15) is 10.2 Å². The number of hydrogen-bond acceptors (Lipinski definition) is 7. The van der Waals surface area contributed by atoms with Crippen molar-refractivity contribution in [3.05, 3.63) is 68.4 Å². The van der Waals surface area contributed by atoms with Gasteiger partial charge in [0.1, 0.15) is 27.4 Å². The molecule has 1 aromatic carbocycles. The fourth-order valence-corrected chi connectivity index (χ4v) is 5.25. The predicted octanol–water partition coefficient (Wildman–Crippen LogP) is 2.20. The lowest BCUT2D eigenvalue weighted by atomic mass is 10.1. The van der Waals surface area contributed by atoms with Crippen molar-refractivity contribution in [1.29, 1.82) is 0 Å². The van der Waals surface area contributed by atoms with Crippen LogP contribution in [0.15, 0.2) is 40.2 Å². The molecule has 4 rings (SSSR count). The molecule has 1 amide bonds. The Hall–Kier alpha value is -3.80. The van der Waals surface area contributed by atoms with Crippen molar-refractivity contribution in [1.82, 2.24) is 29.4 Å². The molecule has 184 valence electrons.